The Hall–Kier alpha value is -2.44. The van der Waals surface area contributed by atoms with Crippen molar-refractivity contribution in [3.8, 4) is 0 Å². The molecule has 2 aromatic rings. The molecule has 0 spiro atoms. The standard InChI is InChI=1S/C24H31N5O2/c1-2-29-21-4-3-19(12-20(21)25-26-29)22(30)27-5-7-28(8-6-27)23(31)24-13-16-9-17(14-24)11-18(10-16)15-24/h3-4,12,16-18H,2,5-11,13-15H2,1H3. The summed E-state index contributed by atoms with van der Waals surface area (Å²) < 4.78 is 1.83. The monoisotopic (exact) mass is 421 g/mol. The summed E-state index contributed by atoms with van der Waals surface area (Å²) in [6.45, 7) is 5.30. The lowest BCUT2D eigenvalue weighted by Gasteiger charge is -2.57. The third-order valence-corrected chi connectivity index (χ3v) is 8.41. The number of hydrogen-bond acceptors (Lipinski definition) is 4. The molecular weight excluding hydrogens is 390 g/mol. The van der Waals surface area contributed by atoms with Crippen LogP contribution >= 0.6 is 0 Å². The first-order valence-electron chi connectivity index (χ1n) is 12.0. The van der Waals surface area contributed by atoms with Crippen LogP contribution in [0.15, 0.2) is 18.2 Å². The predicted octanol–water partition coefficient (Wildman–Crippen LogP) is 2.95. The SMILES string of the molecule is CCn1nnc2cc(C(=O)N3CCN(C(=O)C45CC6CC(CC(C6)C4)C5)CC3)ccc21. The van der Waals surface area contributed by atoms with Gasteiger partial charge in [0.05, 0.1) is 10.9 Å². The van der Waals surface area contributed by atoms with Gasteiger partial charge in [-0.25, -0.2) is 4.68 Å². The van der Waals surface area contributed by atoms with Gasteiger partial charge in [-0.1, -0.05) is 5.21 Å². The van der Waals surface area contributed by atoms with E-state index in [1.807, 2.05) is 34.7 Å². The van der Waals surface area contributed by atoms with Crippen LogP contribution in [0.1, 0.15) is 55.8 Å². The van der Waals surface area contributed by atoms with Gasteiger partial charge in [0.2, 0.25) is 5.91 Å². The van der Waals surface area contributed by atoms with Gasteiger partial charge in [0.1, 0.15) is 5.52 Å². The van der Waals surface area contributed by atoms with Crippen molar-refractivity contribution in [2.75, 3.05) is 26.2 Å². The van der Waals surface area contributed by atoms with E-state index >= 15 is 0 Å². The van der Waals surface area contributed by atoms with E-state index < -0.39 is 0 Å². The van der Waals surface area contributed by atoms with E-state index in [2.05, 4.69) is 15.2 Å². The molecule has 31 heavy (non-hydrogen) atoms. The number of aromatic nitrogens is 3. The zero-order valence-corrected chi connectivity index (χ0v) is 18.3. The number of carbonyl (C=O) groups is 2. The molecule has 4 aliphatic carbocycles. The molecule has 1 aromatic carbocycles. The van der Waals surface area contributed by atoms with Crippen molar-refractivity contribution in [2.45, 2.75) is 52.0 Å². The Morgan fingerprint density at radius 2 is 1.58 bits per heavy atom. The summed E-state index contributed by atoms with van der Waals surface area (Å²) in [4.78, 5) is 30.6. The zero-order chi connectivity index (χ0) is 21.2. The molecule has 0 N–H and O–H groups in total. The maximum Gasteiger partial charge on any atom is 0.254 e. The quantitative estimate of drug-likeness (QED) is 0.764. The van der Waals surface area contributed by atoms with E-state index in [0.717, 1.165) is 54.6 Å². The molecular formula is C24H31N5O2. The lowest BCUT2D eigenvalue weighted by atomic mass is 9.49. The Balaban J connectivity index is 1.13. The first kappa shape index (κ1) is 19.3. The molecule has 4 bridgehead atoms. The van der Waals surface area contributed by atoms with E-state index in [1.165, 1.54) is 19.3 Å². The topological polar surface area (TPSA) is 71.3 Å². The molecule has 0 radical (unpaired) electrons. The lowest BCUT2D eigenvalue weighted by molar-refractivity contribution is -0.159. The van der Waals surface area contributed by atoms with Gasteiger partial charge in [-0.15, -0.1) is 5.10 Å². The van der Waals surface area contributed by atoms with Gasteiger partial charge in [0.25, 0.3) is 5.91 Å². The number of hydrogen-bond donors (Lipinski definition) is 0. The molecule has 7 heteroatoms. The molecule has 164 valence electrons. The van der Waals surface area contributed by atoms with Gasteiger partial charge < -0.3 is 9.80 Å². The maximum absolute atomic E-state index is 13.6. The Morgan fingerprint density at radius 1 is 0.968 bits per heavy atom. The van der Waals surface area contributed by atoms with E-state index in [0.29, 0.717) is 37.6 Å². The molecule has 1 aromatic heterocycles. The highest BCUT2D eigenvalue weighted by atomic mass is 16.2. The van der Waals surface area contributed by atoms with E-state index in [4.69, 9.17) is 0 Å². The van der Waals surface area contributed by atoms with Crippen molar-refractivity contribution >= 4 is 22.8 Å². The third kappa shape index (κ3) is 3.07. The molecule has 2 amide bonds. The summed E-state index contributed by atoms with van der Waals surface area (Å²) in [5, 5.41) is 8.32. The van der Waals surface area contributed by atoms with Crippen LogP contribution in [0, 0.1) is 23.2 Å². The third-order valence-electron chi connectivity index (χ3n) is 8.41. The summed E-state index contributed by atoms with van der Waals surface area (Å²) >= 11 is 0. The fraction of sp³-hybridized carbons (Fsp3) is 0.667. The number of benzene rings is 1. The second kappa shape index (κ2) is 7.04. The second-order valence-corrected chi connectivity index (χ2v) is 10.4. The van der Waals surface area contributed by atoms with Crippen LogP contribution in [-0.2, 0) is 11.3 Å². The molecule has 1 aliphatic heterocycles. The normalized spacial score (nSPS) is 32.1. The van der Waals surface area contributed by atoms with E-state index in [1.54, 1.807) is 0 Å². The molecule has 0 atom stereocenters. The van der Waals surface area contributed by atoms with Crippen LogP contribution < -0.4 is 0 Å². The Bertz CT molecular complexity index is 1000. The summed E-state index contributed by atoms with van der Waals surface area (Å²) in [5.41, 5.74) is 2.27. The van der Waals surface area contributed by atoms with Crippen LogP contribution in [0.4, 0.5) is 0 Å². The molecule has 0 unspecified atom stereocenters. The van der Waals surface area contributed by atoms with Crippen LogP contribution in [-0.4, -0.2) is 62.8 Å². The summed E-state index contributed by atoms with van der Waals surface area (Å²) in [6.07, 6.45) is 7.38. The Morgan fingerprint density at radius 3 is 2.19 bits per heavy atom. The van der Waals surface area contributed by atoms with Gasteiger partial charge in [0, 0.05) is 38.3 Å². The zero-order valence-electron chi connectivity index (χ0n) is 18.3. The minimum atomic E-state index is -0.0862. The first-order chi connectivity index (χ1) is 15.0. The largest absolute Gasteiger partial charge is 0.339 e. The van der Waals surface area contributed by atoms with E-state index in [-0.39, 0.29) is 11.3 Å². The number of amides is 2. The smallest absolute Gasteiger partial charge is 0.254 e. The average molecular weight is 422 g/mol. The minimum absolute atomic E-state index is 0.0230. The predicted molar refractivity (Wildman–Crippen MR) is 116 cm³/mol. The molecule has 7 rings (SSSR count). The highest BCUT2D eigenvalue weighted by Crippen LogP contribution is 2.60. The van der Waals surface area contributed by atoms with Crippen molar-refractivity contribution in [2.24, 2.45) is 23.2 Å². The number of nitrogens with zero attached hydrogens (tertiary/aromatic N) is 5. The molecule has 2 heterocycles. The Kier molecular flexibility index (Phi) is 4.37. The number of aryl methyl sites for hydroxylation is 1. The summed E-state index contributed by atoms with van der Waals surface area (Å²) in [5.74, 6) is 2.74. The first-order valence-corrected chi connectivity index (χ1v) is 12.0. The van der Waals surface area contributed by atoms with Crippen LogP contribution in [0.5, 0.6) is 0 Å². The van der Waals surface area contributed by atoms with E-state index in [9.17, 15) is 9.59 Å². The fourth-order valence-corrected chi connectivity index (χ4v) is 7.34. The fourth-order valence-electron chi connectivity index (χ4n) is 7.34. The maximum atomic E-state index is 13.6. The van der Waals surface area contributed by atoms with Gasteiger partial charge in [-0.3, -0.25) is 9.59 Å². The number of fused-ring (bicyclic) bond motifs is 1. The number of rotatable bonds is 3. The van der Waals surface area contributed by atoms with Crippen LogP contribution in [0.3, 0.4) is 0 Å². The molecule has 7 nitrogen and oxygen atoms in total. The van der Waals surface area contributed by atoms with Crippen molar-refractivity contribution in [1.29, 1.82) is 0 Å². The van der Waals surface area contributed by atoms with Gasteiger partial charge in [-0.2, -0.15) is 0 Å². The van der Waals surface area contributed by atoms with Crippen LogP contribution in [0.2, 0.25) is 0 Å². The second-order valence-electron chi connectivity index (χ2n) is 10.4. The van der Waals surface area contributed by atoms with Gasteiger partial charge >= 0.3 is 0 Å². The molecule has 5 fully saturated rings. The Labute approximate surface area is 182 Å². The minimum Gasteiger partial charge on any atom is -0.339 e. The molecule has 5 aliphatic rings. The van der Waals surface area contributed by atoms with Crippen molar-refractivity contribution in [1.82, 2.24) is 24.8 Å². The van der Waals surface area contributed by atoms with Crippen molar-refractivity contribution in [3.63, 3.8) is 0 Å². The lowest BCUT2D eigenvalue weighted by Crippen LogP contribution is -2.58. The molecule has 4 saturated carbocycles. The van der Waals surface area contributed by atoms with Gasteiger partial charge in [-0.05, 0) is 81.4 Å². The average Bonchev–Trinajstić information content (AvgIpc) is 3.19. The number of piperazine rings is 1. The summed E-state index contributed by atoms with van der Waals surface area (Å²) in [6, 6.07) is 5.63. The van der Waals surface area contributed by atoms with Crippen LogP contribution in [0.25, 0.3) is 11.0 Å². The number of carbonyl (C=O) groups excluding carboxylic acids is 2. The molecule has 1 saturated heterocycles. The summed E-state index contributed by atoms with van der Waals surface area (Å²) in [7, 11) is 0. The highest BCUT2D eigenvalue weighted by molar-refractivity contribution is 5.97. The highest BCUT2D eigenvalue weighted by Gasteiger charge is 2.55. The van der Waals surface area contributed by atoms with Gasteiger partial charge in [0.15, 0.2) is 0 Å². The van der Waals surface area contributed by atoms with Crippen molar-refractivity contribution < 1.29 is 9.59 Å². The van der Waals surface area contributed by atoms with Crippen molar-refractivity contribution in [3.05, 3.63) is 23.8 Å².